The van der Waals surface area contributed by atoms with Crippen LogP contribution in [0.25, 0.3) is 10.8 Å². The van der Waals surface area contributed by atoms with E-state index in [0.717, 1.165) is 29.2 Å². The average Bonchev–Trinajstić information content (AvgIpc) is 2.51. The van der Waals surface area contributed by atoms with Crippen molar-refractivity contribution in [2.24, 2.45) is 0 Å². The van der Waals surface area contributed by atoms with E-state index in [0.29, 0.717) is 0 Å². The van der Waals surface area contributed by atoms with Crippen molar-refractivity contribution in [1.29, 1.82) is 0 Å². The lowest BCUT2D eigenvalue weighted by molar-refractivity contribution is -0.385. The minimum Gasteiger partial charge on any atom is -0.275 e. The van der Waals surface area contributed by atoms with Crippen LogP contribution in [0.3, 0.4) is 0 Å². The molecule has 1 aliphatic rings. The molecule has 0 saturated carbocycles. The second-order valence-electron chi connectivity index (χ2n) is 4.95. The lowest BCUT2D eigenvalue weighted by Gasteiger charge is -2.25. The number of imide groups is 1. The van der Waals surface area contributed by atoms with Crippen LogP contribution in [0, 0.1) is 20.2 Å². The molecule has 2 aromatic carbocycles. The third-order valence-corrected chi connectivity index (χ3v) is 3.71. The van der Waals surface area contributed by atoms with Crippen LogP contribution < -0.4 is 0 Å². The van der Waals surface area contributed by atoms with Gasteiger partial charge in [-0.1, -0.05) is 0 Å². The first kappa shape index (κ1) is 14.6. The first-order chi connectivity index (χ1) is 10.8. The van der Waals surface area contributed by atoms with E-state index in [9.17, 15) is 29.8 Å². The molecule has 0 aromatic heterocycles. The van der Waals surface area contributed by atoms with Crippen LogP contribution in [0.4, 0.5) is 11.4 Å². The number of carbonyl (C=O) groups is 2. The molecule has 9 nitrogen and oxygen atoms in total. The maximum atomic E-state index is 12.4. The molecule has 2 aromatic rings. The highest BCUT2D eigenvalue weighted by atomic mass is 16.6. The molecule has 0 bridgehead atoms. The summed E-state index contributed by atoms with van der Waals surface area (Å²) < 4.78 is 0. The maximum Gasteiger partial charge on any atom is 0.270 e. The van der Waals surface area contributed by atoms with E-state index in [1.807, 2.05) is 0 Å². The SMILES string of the molecule is CCN1C(=O)c2cc([N+](=O)[O-])cc3cc([N+](=O)[O-])cc(c23)C1=O. The Morgan fingerprint density at radius 1 is 0.913 bits per heavy atom. The quantitative estimate of drug-likeness (QED) is 0.486. The zero-order valence-corrected chi connectivity index (χ0v) is 11.8. The number of nitrogens with zero attached hydrogens (tertiary/aromatic N) is 3. The zero-order valence-electron chi connectivity index (χ0n) is 11.8. The van der Waals surface area contributed by atoms with E-state index in [-0.39, 0.29) is 39.8 Å². The Labute approximate surface area is 128 Å². The number of nitro benzene ring substituents is 2. The van der Waals surface area contributed by atoms with Crippen molar-refractivity contribution in [1.82, 2.24) is 4.90 Å². The topological polar surface area (TPSA) is 124 Å². The molecule has 0 atom stereocenters. The first-order valence-corrected chi connectivity index (χ1v) is 6.62. The van der Waals surface area contributed by atoms with Crippen LogP contribution in [0.1, 0.15) is 27.6 Å². The van der Waals surface area contributed by atoms with Gasteiger partial charge in [0.1, 0.15) is 0 Å². The van der Waals surface area contributed by atoms with Gasteiger partial charge in [-0.25, -0.2) is 0 Å². The lowest BCUT2D eigenvalue weighted by Crippen LogP contribution is -2.40. The van der Waals surface area contributed by atoms with Gasteiger partial charge in [0, 0.05) is 36.2 Å². The standard InChI is InChI=1S/C14H9N3O6/c1-2-15-13(18)10-5-8(16(20)21)3-7-4-9(17(22)23)6-11(12(7)10)14(15)19/h3-6H,2H2,1H3. The predicted octanol–water partition coefficient (Wildman–Crippen LogP) is 2.27. The Morgan fingerprint density at radius 3 is 1.70 bits per heavy atom. The van der Waals surface area contributed by atoms with E-state index in [1.54, 1.807) is 6.92 Å². The summed E-state index contributed by atoms with van der Waals surface area (Å²) in [6, 6.07) is 4.43. The molecule has 0 aliphatic carbocycles. The largest absolute Gasteiger partial charge is 0.275 e. The van der Waals surface area contributed by atoms with Gasteiger partial charge < -0.3 is 0 Å². The number of rotatable bonds is 3. The second-order valence-corrected chi connectivity index (χ2v) is 4.95. The molecule has 0 unspecified atom stereocenters. The van der Waals surface area contributed by atoms with Gasteiger partial charge in [-0.3, -0.25) is 34.7 Å². The van der Waals surface area contributed by atoms with Gasteiger partial charge in [-0.15, -0.1) is 0 Å². The third kappa shape index (κ3) is 2.01. The molecule has 1 heterocycles. The highest BCUT2D eigenvalue weighted by Crippen LogP contribution is 2.36. The van der Waals surface area contributed by atoms with Crippen LogP contribution in [-0.4, -0.2) is 33.1 Å². The maximum absolute atomic E-state index is 12.4. The summed E-state index contributed by atoms with van der Waals surface area (Å²) in [5.74, 6) is -1.29. The number of hydrogen-bond acceptors (Lipinski definition) is 6. The summed E-state index contributed by atoms with van der Waals surface area (Å²) in [6.45, 7) is 1.64. The van der Waals surface area contributed by atoms with Gasteiger partial charge >= 0.3 is 0 Å². The van der Waals surface area contributed by atoms with Crippen LogP contribution in [0.2, 0.25) is 0 Å². The molecule has 0 spiro atoms. The van der Waals surface area contributed by atoms with Gasteiger partial charge in [-0.2, -0.15) is 0 Å². The number of nitro groups is 2. The molecule has 0 N–H and O–H groups in total. The Hall–Kier alpha value is -3.36. The minimum atomic E-state index is -0.686. The Bertz CT molecular complexity index is 852. The molecule has 3 rings (SSSR count). The second kappa shape index (κ2) is 4.83. The summed E-state index contributed by atoms with van der Waals surface area (Å²) in [7, 11) is 0. The molecular weight excluding hydrogens is 306 g/mol. The Kier molecular flexibility index (Phi) is 3.06. The van der Waals surface area contributed by atoms with Crippen LogP contribution >= 0.6 is 0 Å². The van der Waals surface area contributed by atoms with Crippen molar-refractivity contribution in [3.05, 3.63) is 55.6 Å². The molecule has 1 aliphatic heterocycles. The third-order valence-electron chi connectivity index (χ3n) is 3.71. The zero-order chi connectivity index (χ0) is 16.9. The van der Waals surface area contributed by atoms with Crippen molar-refractivity contribution in [2.75, 3.05) is 6.54 Å². The van der Waals surface area contributed by atoms with E-state index in [2.05, 4.69) is 0 Å². The van der Waals surface area contributed by atoms with Crippen molar-refractivity contribution in [3.8, 4) is 0 Å². The normalized spacial score (nSPS) is 13.5. The van der Waals surface area contributed by atoms with E-state index >= 15 is 0 Å². The Morgan fingerprint density at radius 2 is 1.35 bits per heavy atom. The molecule has 116 valence electrons. The van der Waals surface area contributed by atoms with Gasteiger partial charge in [0.05, 0.1) is 21.0 Å². The van der Waals surface area contributed by atoms with E-state index in [1.165, 1.54) is 0 Å². The summed E-state index contributed by atoms with van der Waals surface area (Å²) >= 11 is 0. The van der Waals surface area contributed by atoms with Gasteiger partial charge in [0.15, 0.2) is 0 Å². The number of hydrogen-bond donors (Lipinski definition) is 0. The Balaban J connectivity index is 2.47. The predicted molar refractivity (Wildman–Crippen MR) is 78.3 cm³/mol. The molecule has 0 fully saturated rings. The summed E-state index contributed by atoms with van der Waals surface area (Å²) in [4.78, 5) is 46.4. The lowest BCUT2D eigenvalue weighted by atomic mass is 9.93. The highest BCUT2D eigenvalue weighted by molar-refractivity contribution is 6.26. The number of benzene rings is 2. The number of non-ortho nitro benzene ring substituents is 2. The monoisotopic (exact) mass is 315 g/mol. The number of amides is 2. The molecular formula is C14H9N3O6. The van der Waals surface area contributed by atoms with Crippen molar-refractivity contribution in [3.63, 3.8) is 0 Å². The first-order valence-electron chi connectivity index (χ1n) is 6.62. The summed E-state index contributed by atoms with van der Waals surface area (Å²) in [5, 5.41) is 22.4. The molecule has 2 amide bonds. The number of carbonyl (C=O) groups excluding carboxylic acids is 2. The van der Waals surface area contributed by atoms with Crippen molar-refractivity contribution < 1.29 is 19.4 Å². The average molecular weight is 315 g/mol. The highest BCUT2D eigenvalue weighted by Gasteiger charge is 2.34. The van der Waals surface area contributed by atoms with Crippen LogP contribution in [0.15, 0.2) is 24.3 Å². The fourth-order valence-electron chi connectivity index (χ4n) is 2.70. The molecule has 23 heavy (non-hydrogen) atoms. The minimum absolute atomic E-state index is 0.000507. The van der Waals surface area contributed by atoms with Crippen molar-refractivity contribution in [2.45, 2.75) is 6.92 Å². The van der Waals surface area contributed by atoms with Crippen molar-refractivity contribution >= 4 is 34.0 Å². The van der Waals surface area contributed by atoms with Gasteiger partial charge in [0.2, 0.25) is 0 Å². The van der Waals surface area contributed by atoms with Gasteiger partial charge in [-0.05, 0) is 12.3 Å². The fraction of sp³-hybridized carbons (Fsp3) is 0.143. The van der Waals surface area contributed by atoms with Crippen LogP contribution in [-0.2, 0) is 0 Å². The molecule has 0 saturated heterocycles. The van der Waals surface area contributed by atoms with Gasteiger partial charge in [0.25, 0.3) is 23.2 Å². The van der Waals surface area contributed by atoms with E-state index < -0.39 is 21.7 Å². The smallest absolute Gasteiger partial charge is 0.270 e. The van der Waals surface area contributed by atoms with Crippen LogP contribution in [0.5, 0.6) is 0 Å². The van der Waals surface area contributed by atoms with E-state index in [4.69, 9.17) is 0 Å². The fourth-order valence-corrected chi connectivity index (χ4v) is 2.70. The summed E-state index contributed by atoms with van der Waals surface area (Å²) in [6.07, 6.45) is 0. The molecule has 0 radical (unpaired) electrons. The molecule has 9 heteroatoms. The summed E-state index contributed by atoms with van der Waals surface area (Å²) in [5.41, 5.74) is -0.725.